The molecule has 0 aliphatic heterocycles. The number of ether oxygens (including phenoxy) is 2. The van der Waals surface area contributed by atoms with Gasteiger partial charge in [-0.15, -0.1) is 11.8 Å². The van der Waals surface area contributed by atoms with E-state index in [4.69, 9.17) is 21.1 Å². The molecule has 0 saturated carbocycles. The minimum atomic E-state index is -0.490. The van der Waals surface area contributed by atoms with Crippen molar-refractivity contribution >= 4 is 58.5 Å². The Balaban J connectivity index is 1.46. The molecule has 0 aliphatic carbocycles. The average molecular weight is 644 g/mol. The molecule has 0 bridgehead atoms. The largest absolute Gasteiger partial charge is 0.495 e. The monoisotopic (exact) mass is 643 g/mol. The zero-order valence-electron chi connectivity index (χ0n) is 25.3. The lowest BCUT2D eigenvalue weighted by Gasteiger charge is -2.13. The first-order valence-electron chi connectivity index (χ1n) is 14.1. The molecule has 0 saturated heterocycles. The first-order valence-corrected chi connectivity index (χ1v) is 15.5. The van der Waals surface area contributed by atoms with E-state index in [1.165, 1.54) is 31.5 Å². The van der Waals surface area contributed by atoms with Crippen molar-refractivity contribution in [2.24, 2.45) is 0 Å². The summed E-state index contributed by atoms with van der Waals surface area (Å²) in [7, 11) is 2.98. The maximum atomic E-state index is 13.5. The van der Waals surface area contributed by atoms with E-state index in [-0.39, 0.29) is 17.4 Å². The lowest BCUT2D eigenvalue weighted by molar-refractivity contribution is -0.114. The number of methoxy groups -OCH3 is 2. The van der Waals surface area contributed by atoms with Gasteiger partial charge >= 0.3 is 0 Å². The number of thioether (sulfide) groups is 1. The van der Waals surface area contributed by atoms with Gasteiger partial charge in [-0.05, 0) is 59.5 Å². The number of hydrogen-bond donors (Lipinski definition) is 3. The number of benzene rings is 4. The maximum absolute atomic E-state index is 13.5. The third kappa shape index (κ3) is 9.38. The Hall–Kier alpha value is -4.73. The number of carbonyl (C=O) groups is 3. The Kier molecular flexibility index (Phi) is 11.7. The van der Waals surface area contributed by atoms with E-state index in [1.54, 1.807) is 60.7 Å². The summed E-state index contributed by atoms with van der Waals surface area (Å²) in [5, 5.41) is 8.78. The maximum Gasteiger partial charge on any atom is 0.272 e. The van der Waals surface area contributed by atoms with E-state index >= 15 is 0 Å². The van der Waals surface area contributed by atoms with E-state index in [1.807, 2.05) is 36.4 Å². The summed E-state index contributed by atoms with van der Waals surface area (Å²) in [6.07, 6.45) is 1.64. The standard InChI is InChI=1S/C35H34ClN3O5S/c1-22(2)24-15-13-23(14-16-24)17-30(39-34(41)25-9-6-5-7-10-25)35(42)37-26-11-8-12-27(18-26)45-21-33(40)38-29-19-28(36)31(43-3)20-32(29)44-4/h5-20,22H,21H2,1-4H3,(H,37,42)(H,38,40)(H,39,41)/b30-17+. The number of hydrogen-bond acceptors (Lipinski definition) is 6. The van der Waals surface area contributed by atoms with Gasteiger partial charge in [0.2, 0.25) is 5.91 Å². The summed E-state index contributed by atoms with van der Waals surface area (Å²) in [5.41, 5.74) is 3.38. The molecule has 0 heterocycles. The number of carbonyl (C=O) groups excluding carboxylic acids is 3. The number of rotatable bonds is 12. The number of nitrogens with one attached hydrogen (secondary N) is 3. The van der Waals surface area contributed by atoms with Gasteiger partial charge in [-0.3, -0.25) is 14.4 Å². The average Bonchev–Trinajstić information content (AvgIpc) is 3.04. The van der Waals surface area contributed by atoms with Crippen molar-refractivity contribution < 1.29 is 23.9 Å². The molecule has 0 radical (unpaired) electrons. The summed E-state index contributed by atoms with van der Waals surface area (Å²) in [6.45, 7) is 4.22. The fourth-order valence-corrected chi connectivity index (χ4v) is 5.24. The highest BCUT2D eigenvalue weighted by Gasteiger charge is 2.16. The van der Waals surface area contributed by atoms with Gasteiger partial charge < -0.3 is 25.4 Å². The molecule has 232 valence electrons. The van der Waals surface area contributed by atoms with Crippen LogP contribution >= 0.6 is 23.4 Å². The fourth-order valence-electron chi connectivity index (χ4n) is 4.24. The van der Waals surface area contributed by atoms with Crippen LogP contribution in [0.3, 0.4) is 0 Å². The quantitative estimate of drug-likeness (QED) is 0.108. The van der Waals surface area contributed by atoms with Gasteiger partial charge in [0.1, 0.15) is 17.2 Å². The second-order valence-corrected chi connectivity index (χ2v) is 11.7. The molecule has 0 aromatic heterocycles. The van der Waals surface area contributed by atoms with E-state index in [0.29, 0.717) is 39.4 Å². The summed E-state index contributed by atoms with van der Waals surface area (Å²) < 4.78 is 10.6. The van der Waals surface area contributed by atoms with Crippen LogP contribution in [0.15, 0.2) is 102 Å². The Labute approximate surface area is 272 Å². The van der Waals surface area contributed by atoms with Crippen molar-refractivity contribution in [1.82, 2.24) is 5.32 Å². The second-order valence-electron chi connectivity index (χ2n) is 10.2. The smallest absolute Gasteiger partial charge is 0.272 e. The predicted molar refractivity (Wildman–Crippen MR) is 181 cm³/mol. The highest BCUT2D eigenvalue weighted by molar-refractivity contribution is 8.00. The van der Waals surface area contributed by atoms with Crippen molar-refractivity contribution in [3.63, 3.8) is 0 Å². The topological polar surface area (TPSA) is 106 Å². The third-order valence-electron chi connectivity index (χ3n) is 6.65. The van der Waals surface area contributed by atoms with Crippen molar-refractivity contribution in [2.75, 3.05) is 30.6 Å². The van der Waals surface area contributed by atoms with E-state index < -0.39 is 11.8 Å². The zero-order valence-corrected chi connectivity index (χ0v) is 26.9. The lowest BCUT2D eigenvalue weighted by Crippen LogP contribution is -2.30. The first-order chi connectivity index (χ1) is 21.7. The minimum Gasteiger partial charge on any atom is -0.495 e. The number of amides is 3. The van der Waals surface area contributed by atoms with Gasteiger partial charge in [0.15, 0.2) is 0 Å². The van der Waals surface area contributed by atoms with Crippen LogP contribution in [0.1, 0.15) is 41.3 Å². The molecule has 45 heavy (non-hydrogen) atoms. The molecule has 3 N–H and O–H groups in total. The number of anilines is 2. The molecular formula is C35H34ClN3O5S. The zero-order chi connectivity index (χ0) is 32.3. The molecule has 3 amide bonds. The molecule has 0 fully saturated rings. The predicted octanol–water partition coefficient (Wildman–Crippen LogP) is 7.62. The Bertz CT molecular complexity index is 1690. The molecule has 0 spiro atoms. The van der Waals surface area contributed by atoms with Crippen LogP contribution in [-0.4, -0.2) is 37.7 Å². The molecule has 4 rings (SSSR count). The second kappa shape index (κ2) is 15.8. The van der Waals surface area contributed by atoms with Gasteiger partial charge in [-0.2, -0.15) is 0 Å². The fraction of sp³-hybridized carbons (Fsp3) is 0.171. The molecule has 8 nitrogen and oxygen atoms in total. The van der Waals surface area contributed by atoms with E-state index in [9.17, 15) is 14.4 Å². The van der Waals surface area contributed by atoms with Crippen LogP contribution in [0.4, 0.5) is 11.4 Å². The molecule has 4 aromatic rings. The summed E-state index contributed by atoms with van der Waals surface area (Å²) in [6, 6.07) is 26.8. The molecule has 10 heteroatoms. The van der Waals surface area contributed by atoms with Crippen LogP contribution in [0.25, 0.3) is 6.08 Å². The molecule has 0 atom stereocenters. The van der Waals surface area contributed by atoms with E-state index in [2.05, 4.69) is 29.8 Å². The number of halogens is 1. The van der Waals surface area contributed by atoms with Gasteiger partial charge in [0.05, 0.1) is 30.7 Å². The van der Waals surface area contributed by atoms with Crippen molar-refractivity contribution in [1.29, 1.82) is 0 Å². The van der Waals surface area contributed by atoms with Crippen molar-refractivity contribution in [2.45, 2.75) is 24.7 Å². The van der Waals surface area contributed by atoms with Crippen molar-refractivity contribution in [3.8, 4) is 11.5 Å². The third-order valence-corrected chi connectivity index (χ3v) is 7.94. The molecule has 4 aromatic carbocycles. The Morgan fingerprint density at radius 2 is 1.56 bits per heavy atom. The minimum absolute atomic E-state index is 0.0886. The van der Waals surface area contributed by atoms with Gasteiger partial charge in [-0.1, -0.05) is 74.0 Å². The Morgan fingerprint density at radius 1 is 0.844 bits per heavy atom. The highest BCUT2D eigenvalue weighted by atomic mass is 35.5. The molecular weight excluding hydrogens is 610 g/mol. The van der Waals surface area contributed by atoms with Gasteiger partial charge in [0.25, 0.3) is 11.8 Å². The SMILES string of the molecule is COc1cc(OC)c(NC(=O)CSc2cccc(NC(=O)/C(=C\c3ccc(C(C)C)cc3)NC(=O)c3ccccc3)c2)cc1Cl. The molecule has 0 aliphatic rings. The summed E-state index contributed by atoms with van der Waals surface area (Å²) >= 11 is 7.51. The van der Waals surface area contributed by atoms with Crippen molar-refractivity contribution in [3.05, 3.63) is 118 Å². The summed E-state index contributed by atoms with van der Waals surface area (Å²) in [5.74, 6) is 0.140. The van der Waals surface area contributed by atoms with Crippen LogP contribution in [0.2, 0.25) is 5.02 Å². The normalized spacial score (nSPS) is 11.1. The molecule has 0 unspecified atom stereocenters. The first kappa shape index (κ1) is 33.2. The van der Waals surface area contributed by atoms with Crippen LogP contribution < -0.4 is 25.4 Å². The van der Waals surface area contributed by atoms with Gasteiger partial charge in [0, 0.05) is 22.2 Å². The lowest BCUT2D eigenvalue weighted by atomic mass is 10.0. The van der Waals surface area contributed by atoms with Crippen LogP contribution in [0, 0.1) is 0 Å². The van der Waals surface area contributed by atoms with E-state index in [0.717, 1.165) is 10.5 Å². The van der Waals surface area contributed by atoms with Crippen LogP contribution in [0.5, 0.6) is 11.5 Å². The van der Waals surface area contributed by atoms with Crippen LogP contribution in [-0.2, 0) is 9.59 Å². The Morgan fingerprint density at radius 3 is 2.22 bits per heavy atom. The van der Waals surface area contributed by atoms with Gasteiger partial charge in [-0.25, -0.2) is 0 Å². The highest BCUT2D eigenvalue weighted by Crippen LogP contribution is 2.36. The summed E-state index contributed by atoms with van der Waals surface area (Å²) in [4.78, 5) is 40.0.